The van der Waals surface area contributed by atoms with E-state index in [4.69, 9.17) is 5.73 Å². The van der Waals surface area contributed by atoms with Gasteiger partial charge < -0.3 is 16.4 Å². The van der Waals surface area contributed by atoms with Gasteiger partial charge in [0.05, 0.1) is 5.92 Å². The molecule has 0 bridgehead atoms. The van der Waals surface area contributed by atoms with Crippen LogP contribution in [-0.2, 0) is 17.9 Å². The molecule has 2 atom stereocenters. The average molecular weight is 404 g/mol. The smallest absolute Gasteiger partial charge is 0.221 e. The highest BCUT2D eigenvalue weighted by Crippen LogP contribution is 2.25. The number of carbonyl (C=O) groups is 1. The molecule has 2 heterocycles. The molecule has 3 rings (SSSR count). The fourth-order valence-corrected chi connectivity index (χ4v) is 5.15. The molecule has 0 aromatic heterocycles. The topological polar surface area (TPSA) is 82.8 Å². The number of amides is 1. The number of piperidine rings is 1. The normalized spacial score (nSPS) is 23.5. The van der Waals surface area contributed by atoms with Gasteiger partial charge in [-0.15, -0.1) is 0 Å². The van der Waals surface area contributed by atoms with Crippen molar-refractivity contribution >= 4 is 23.6 Å². The number of nitrogens with two attached hydrogens (primary N) is 1. The Bertz CT molecular complexity index is 675. The van der Waals surface area contributed by atoms with Crippen molar-refractivity contribution < 1.29 is 4.79 Å². The number of hydrogen-bond acceptors (Lipinski definition) is 4. The second-order valence-corrected chi connectivity index (χ2v) is 9.15. The van der Waals surface area contributed by atoms with E-state index in [1.807, 2.05) is 7.05 Å². The molecule has 1 amide bonds. The zero-order valence-electron chi connectivity index (χ0n) is 16.8. The molecule has 1 aromatic rings. The van der Waals surface area contributed by atoms with Gasteiger partial charge in [-0.2, -0.15) is 11.8 Å². The van der Waals surface area contributed by atoms with E-state index in [0.717, 1.165) is 51.5 Å². The highest BCUT2D eigenvalue weighted by Gasteiger charge is 2.23. The molecule has 4 N–H and O–H groups in total. The molecular weight excluding hydrogens is 370 g/mol. The van der Waals surface area contributed by atoms with Crippen LogP contribution in [-0.4, -0.2) is 54.5 Å². The third-order valence-electron chi connectivity index (χ3n) is 5.51. The SMILES string of the molecule is CN=C(NCc1cccc(CN2CCCC(C(N)=O)C2)c1)NCC1CCCS1. The minimum Gasteiger partial charge on any atom is -0.369 e. The molecule has 2 unspecified atom stereocenters. The highest BCUT2D eigenvalue weighted by molar-refractivity contribution is 8.00. The van der Waals surface area contributed by atoms with Crippen LogP contribution in [0.5, 0.6) is 0 Å². The first-order chi connectivity index (χ1) is 13.6. The van der Waals surface area contributed by atoms with Crippen LogP contribution in [0.1, 0.15) is 36.8 Å². The predicted molar refractivity (Wildman–Crippen MR) is 117 cm³/mol. The molecule has 7 heteroatoms. The van der Waals surface area contributed by atoms with Crippen LogP contribution in [0.25, 0.3) is 0 Å². The van der Waals surface area contributed by atoms with Gasteiger partial charge in [0.2, 0.25) is 5.91 Å². The molecule has 1 aromatic carbocycles. The largest absolute Gasteiger partial charge is 0.369 e. The molecule has 2 saturated heterocycles. The Morgan fingerprint density at radius 1 is 1.29 bits per heavy atom. The lowest BCUT2D eigenvalue weighted by Crippen LogP contribution is -2.40. The van der Waals surface area contributed by atoms with Gasteiger partial charge in [0.15, 0.2) is 5.96 Å². The summed E-state index contributed by atoms with van der Waals surface area (Å²) in [6, 6.07) is 8.63. The number of nitrogens with one attached hydrogen (secondary N) is 2. The zero-order valence-corrected chi connectivity index (χ0v) is 17.6. The van der Waals surface area contributed by atoms with Crippen LogP contribution in [0.3, 0.4) is 0 Å². The van der Waals surface area contributed by atoms with Crippen molar-refractivity contribution in [1.29, 1.82) is 0 Å². The fraction of sp³-hybridized carbons (Fsp3) is 0.619. The lowest BCUT2D eigenvalue weighted by atomic mass is 9.97. The monoisotopic (exact) mass is 403 g/mol. The van der Waals surface area contributed by atoms with Crippen LogP contribution in [0.15, 0.2) is 29.3 Å². The Morgan fingerprint density at radius 3 is 2.89 bits per heavy atom. The summed E-state index contributed by atoms with van der Waals surface area (Å²) in [6.07, 6.45) is 4.58. The summed E-state index contributed by atoms with van der Waals surface area (Å²) in [5.41, 5.74) is 8.01. The number of benzene rings is 1. The van der Waals surface area contributed by atoms with Gasteiger partial charge >= 0.3 is 0 Å². The van der Waals surface area contributed by atoms with Gasteiger partial charge in [-0.05, 0) is 49.1 Å². The number of rotatable bonds is 7. The molecule has 2 aliphatic rings. The summed E-state index contributed by atoms with van der Waals surface area (Å²) in [5.74, 6) is 1.96. The van der Waals surface area contributed by atoms with E-state index in [-0.39, 0.29) is 11.8 Å². The van der Waals surface area contributed by atoms with Crippen LogP contribution >= 0.6 is 11.8 Å². The number of guanidine groups is 1. The van der Waals surface area contributed by atoms with Crippen molar-refractivity contribution in [2.24, 2.45) is 16.6 Å². The summed E-state index contributed by atoms with van der Waals surface area (Å²) in [7, 11) is 1.82. The maximum Gasteiger partial charge on any atom is 0.221 e. The Morgan fingerprint density at radius 2 is 2.14 bits per heavy atom. The standard InChI is InChI=1S/C21H33N5OS/c1-23-21(25-13-19-8-4-10-28-19)24-12-16-5-2-6-17(11-16)14-26-9-3-7-18(15-26)20(22)27/h2,5-6,11,18-19H,3-4,7-10,12-15H2,1H3,(H2,22,27)(H2,23,24,25). The minimum atomic E-state index is -0.169. The van der Waals surface area contributed by atoms with E-state index >= 15 is 0 Å². The highest BCUT2D eigenvalue weighted by atomic mass is 32.2. The molecule has 0 aliphatic carbocycles. The summed E-state index contributed by atoms with van der Waals surface area (Å²) >= 11 is 2.05. The van der Waals surface area contributed by atoms with Gasteiger partial charge in [0.1, 0.15) is 0 Å². The van der Waals surface area contributed by atoms with Crippen molar-refractivity contribution in [3.63, 3.8) is 0 Å². The lowest BCUT2D eigenvalue weighted by molar-refractivity contribution is -0.123. The average Bonchev–Trinajstić information content (AvgIpc) is 3.22. The van der Waals surface area contributed by atoms with Gasteiger partial charge in [0.25, 0.3) is 0 Å². The van der Waals surface area contributed by atoms with Crippen molar-refractivity contribution in [2.75, 3.05) is 32.4 Å². The molecule has 6 nitrogen and oxygen atoms in total. The fourth-order valence-electron chi connectivity index (χ4n) is 3.95. The predicted octanol–water partition coefficient (Wildman–Crippen LogP) is 1.94. The molecule has 154 valence electrons. The first-order valence-corrected chi connectivity index (χ1v) is 11.3. The van der Waals surface area contributed by atoms with Gasteiger partial charge in [-0.3, -0.25) is 14.7 Å². The zero-order chi connectivity index (χ0) is 19.8. The molecule has 2 fully saturated rings. The molecular formula is C21H33N5OS. The number of likely N-dealkylation sites (tertiary alicyclic amines) is 1. The quantitative estimate of drug-likeness (QED) is 0.479. The second kappa shape index (κ2) is 10.7. The first-order valence-electron chi connectivity index (χ1n) is 10.3. The number of aliphatic imine (C=N–C) groups is 1. The minimum absolute atomic E-state index is 0.00831. The number of nitrogens with zero attached hydrogens (tertiary/aromatic N) is 2. The van der Waals surface area contributed by atoms with E-state index in [9.17, 15) is 4.79 Å². The van der Waals surface area contributed by atoms with Crippen LogP contribution in [0.4, 0.5) is 0 Å². The van der Waals surface area contributed by atoms with Crippen LogP contribution in [0, 0.1) is 5.92 Å². The Hall–Kier alpha value is -1.73. The van der Waals surface area contributed by atoms with E-state index in [1.54, 1.807) is 0 Å². The van der Waals surface area contributed by atoms with Crippen molar-refractivity contribution in [1.82, 2.24) is 15.5 Å². The number of carbonyl (C=O) groups excluding carboxylic acids is 1. The molecule has 0 radical (unpaired) electrons. The van der Waals surface area contributed by atoms with Crippen molar-refractivity contribution in [3.8, 4) is 0 Å². The van der Waals surface area contributed by atoms with Crippen LogP contribution < -0.4 is 16.4 Å². The number of hydrogen-bond donors (Lipinski definition) is 3. The first kappa shape index (κ1) is 21.0. The maximum absolute atomic E-state index is 11.5. The summed E-state index contributed by atoms with van der Waals surface area (Å²) in [6.45, 7) is 4.38. The van der Waals surface area contributed by atoms with Crippen molar-refractivity contribution in [2.45, 2.75) is 44.0 Å². The number of thioether (sulfide) groups is 1. The van der Waals surface area contributed by atoms with Gasteiger partial charge in [-0.1, -0.05) is 24.3 Å². The van der Waals surface area contributed by atoms with E-state index in [2.05, 4.69) is 56.6 Å². The lowest BCUT2D eigenvalue weighted by Gasteiger charge is -2.31. The Kier molecular flexibility index (Phi) is 8.03. The van der Waals surface area contributed by atoms with Gasteiger partial charge in [-0.25, -0.2) is 0 Å². The van der Waals surface area contributed by atoms with Gasteiger partial charge in [0, 0.05) is 38.5 Å². The van der Waals surface area contributed by atoms with E-state index in [1.165, 1.54) is 29.7 Å². The molecule has 0 spiro atoms. The van der Waals surface area contributed by atoms with Crippen LogP contribution in [0.2, 0.25) is 0 Å². The molecule has 28 heavy (non-hydrogen) atoms. The summed E-state index contributed by atoms with van der Waals surface area (Å²) in [5, 5.41) is 7.57. The second-order valence-electron chi connectivity index (χ2n) is 7.74. The summed E-state index contributed by atoms with van der Waals surface area (Å²) < 4.78 is 0. The Balaban J connectivity index is 1.47. The molecule has 2 aliphatic heterocycles. The third kappa shape index (κ3) is 6.41. The van der Waals surface area contributed by atoms with E-state index in [0.29, 0.717) is 5.25 Å². The third-order valence-corrected chi connectivity index (χ3v) is 6.91. The van der Waals surface area contributed by atoms with E-state index < -0.39 is 0 Å². The Labute approximate surface area is 172 Å². The molecule has 0 saturated carbocycles. The van der Waals surface area contributed by atoms with Crippen molar-refractivity contribution in [3.05, 3.63) is 35.4 Å². The number of primary amides is 1. The maximum atomic E-state index is 11.5. The summed E-state index contributed by atoms with van der Waals surface area (Å²) in [4.78, 5) is 18.2.